The highest BCUT2D eigenvalue weighted by Gasteiger charge is 2.14. The van der Waals surface area contributed by atoms with Crippen LogP contribution in [0.1, 0.15) is 83.1 Å². The molecule has 23 heavy (non-hydrogen) atoms. The molecule has 1 aromatic carbocycles. The van der Waals surface area contributed by atoms with Gasteiger partial charge >= 0.3 is 0 Å². The molecule has 130 valence electrons. The van der Waals surface area contributed by atoms with Crippen molar-refractivity contribution in [2.45, 2.75) is 77.6 Å². The smallest absolute Gasteiger partial charge is 0.216 e. The normalized spacial score (nSPS) is 12.1. The molecule has 0 aliphatic heterocycles. The number of hydrogen-bond donors (Lipinski definition) is 1. The number of nitrogens with one attached hydrogen (secondary N) is 1. The van der Waals surface area contributed by atoms with Crippen molar-refractivity contribution in [1.29, 1.82) is 0 Å². The van der Waals surface area contributed by atoms with E-state index in [4.69, 9.17) is 0 Å². The summed E-state index contributed by atoms with van der Waals surface area (Å²) in [5.41, 5.74) is 1.31. The molecule has 0 fully saturated rings. The lowest BCUT2D eigenvalue weighted by Crippen LogP contribution is -2.26. The Kier molecular flexibility index (Phi) is 11.1. The summed E-state index contributed by atoms with van der Waals surface area (Å²) in [5.74, 6) is 0.451. The Bertz CT molecular complexity index is 447. The van der Waals surface area contributed by atoms with Crippen molar-refractivity contribution in [3.8, 4) is 0 Å². The standard InChI is InChI=1S/C20H32BrNO/c1-3-4-5-6-7-8-9-10-13-18(16-22-17(2)23)19-14-11-12-15-20(19)21/h11-12,14-15,18H,3-10,13,16H2,1-2H3,(H,22,23). The first-order chi connectivity index (χ1) is 11.1. The monoisotopic (exact) mass is 381 g/mol. The van der Waals surface area contributed by atoms with Gasteiger partial charge in [0.25, 0.3) is 0 Å². The van der Waals surface area contributed by atoms with Crippen LogP contribution in [0.3, 0.4) is 0 Å². The molecule has 1 atom stereocenters. The fraction of sp³-hybridized carbons (Fsp3) is 0.650. The largest absolute Gasteiger partial charge is 0.356 e. The highest BCUT2D eigenvalue weighted by molar-refractivity contribution is 9.10. The van der Waals surface area contributed by atoms with Crippen LogP contribution in [0.25, 0.3) is 0 Å². The molecule has 0 saturated heterocycles. The van der Waals surface area contributed by atoms with Gasteiger partial charge in [0.05, 0.1) is 0 Å². The molecule has 3 heteroatoms. The van der Waals surface area contributed by atoms with Crippen molar-refractivity contribution in [3.05, 3.63) is 34.3 Å². The van der Waals surface area contributed by atoms with Crippen LogP contribution in [0.15, 0.2) is 28.7 Å². The minimum absolute atomic E-state index is 0.0537. The Hall–Kier alpha value is -0.830. The number of benzene rings is 1. The highest BCUT2D eigenvalue weighted by Crippen LogP contribution is 2.28. The van der Waals surface area contributed by atoms with E-state index in [0.29, 0.717) is 5.92 Å². The number of unbranched alkanes of at least 4 members (excludes halogenated alkanes) is 7. The number of amides is 1. The maximum absolute atomic E-state index is 11.2. The predicted octanol–water partition coefficient (Wildman–Crippen LogP) is 6.20. The molecule has 0 aliphatic rings. The molecule has 1 rings (SSSR count). The van der Waals surface area contributed by atoms with E-state index in [2.05, 4.69) is 46.4 Å². The summed E-state index contributed by atoms with van der Waals surface area (Å²) in [4.78, 5) is 11.2. The van der Waals surface area contributed by atoms with Crippen molar-refractivity contribution in [2.75, 3.05) is 6.54 Å². The van der Waals surface area contributed by atoms with Gasteiger partial charge in [-0.05, 0) is 18.1 Å². The summed E-state index contributed by atoms with van der Waals surface area (Å²) in [6, 6.07) is 8.37. The molecule has 0 bridgehead atoms. The number of carbonyl (C=O) groups is 1. The van der Waals surface area contributed by atoms with Crippen LogP contribution in [0.4, 0.5) is 0 Å². The second-order valence-electron chi connectivity index (χ2n) is 6.42. The minimum atomic E-state index is 0.0537. The van der Waals surface area contributed by atoms with Crippen molar-refractivity contribution in [3.63, 3.8) is 0 Å². The Morgan fingerprint density at radius 1 is 1.04 bits per heavy atom. The molecule has 0 radical (unpaired) electrons. The van der Waals surface area contributed by atoms with Gasteiger partial charge in [-0.1, -0.05) is 92.4 Å². The maximum Gasteiger partial charge on any atom is 0.216 e. The number of halogens is 1. The third kappa shape index (κ3) is 9.14. The van der Waals surface area contributed by atoms with E-state index in [1.807, 2.05) is 6.07 Å². The SMILES string of the molecule is CCCCCCCCCCC(CNC(C)=O)c1ccccc1Br. The van der Waals surface area contributed by atoms with Crippen LogP contribution in [0.2, 0.25) is 0 Å². The summed E-state index contributed by atoms with van der Waals surface area (Å²) in [6.07, 6.45) is 11.8. The molecule has 0 aromatic heterocycles. The van der Waals surface area contributed by atoms with Gasteiger partial charge in [-0.25, -0.2) is 0 Å². The molecule has 1 N–H and O–H groups in total. The first-order valence-corrected chi connectivity index (χ1v) is 9.93. The summed E-state index contributed by atoms with van der Waals surface area (Å²) in [7, 11) is 0. The van der Waals surface area contributed by atoms with E-state index < -0.39 is 0 Å². The highest BCUT2D eigenvalue weighted by atomic mass is 79.9. The van der Waals surface area contributed by atoms with Gasteiger partial charge in [0.15, 0.2) is 0 Å². The zero-order valence-electron chi connectivity index (χ0n) is 14.7. The van der Waals surface area contributed by atoms with Crippen LogP contribution in [-0.2, 0) is 4.79 Å². The molecule has 1 aromatic rings. The molecule has 2 nitrogen and oxygen atoms in total. The zero-order valence-corrected chi connectivity index (χ0v) is 16.3. The zero-order chi connectivity index (χ0) is 16.9. The molecule has 0 heterocycles. The predicted molar refractivity (Wildman–Crippen MR) is 103 cm³/mol. The van der Waals surface area contributed by atoms with Crippen LogP contribution >= 0.6 is 15.9 Å². The molecule has 0 aliphatic carbocycles. The summed E-state index contributed by atoms with van der Waals surface area (Å²) < 4.78 is 1.15. The summed E-state index contributed by atoms with van der Waals surface area (Å²) in [5, 5.41) is 2.99. The lowest BCUT2D eigenvalue weighted by atomic mass is 9.92. The first kappa shape index (κ1) is 20.2. The molecule has 1 amide bonds. The van der Waals surface area contributed by atoms with E-state index in [1.165, 1.54) is 56.9 Å². The lowest BCUT2D eigenvalue weighted by Gasteiger charge is -2.19. The maximum atomic E-state index is 11.2. The van der Waals surface area contributed by atoms with E-state index in [0.717, 1.165) is 17.4 Å². The first-order valence-electron chi connectivity index (χ1n) is 9.14. The second kappa shape index (κ2) is 12.6. The Morgan fingerprint density at radius 2 is 1.65 bits per heavy atom. The van der Waals surface area contributed by atoms with Gasteiger partial charge in [-0.15, -0.1) is 0 Å². The van der Waals surface area contributed by atoms with Gasteiger partial charge in [-0.3, -0.25) is 4.79 Å². The van der Waals surface area contributed by atoms with E-state index in [-0.39, 0.29) is 5.91 Å². The average Bonchev–Trinajstić information content (AvgIpc) is 2.53. The van der Waals surface area contributed by atoms with Crippen LogP contribution in [-0.4, -0.2) is 12.5 Å². The number of carbonyl (C=O) groups excluding carboxylic acids is 1. The van der Waals surface area contributed by atoms with Gasteiger partial charge in [0.1, 0.15) is 0 Å². The van der Waals surface area contributed by atoms with Crippen LogP contribution in [0.5, 0.6) is 0 Å². The summed E-state index contributed by atoms with van der Waals surface area (Å²) >= 11 is 3.65. The van der Waals surface area contributed by atoms with Crippen molar-refractivity contribution in [1.82, 2.24) is 5.32 Å². The molecular weight excluding hydrogens is 350 g/mol. The lowest BCUT2D eigenvalue weighted by molar-refractivity contribution is -0.119. The fourth-order valence-electron chi connectivity index (χ4n) is 2.97. The van der Waals surface area contributed by atoms with Crippen molar-refractivity contribution < 1.29 is 4.79 Å². The van der Waals surface area contributed by atoms with E-state index in [1.54, 1.807) is 6.92 Å². The third-order valence-electron chi connectivity index (χ3n) is 4.35. The second-order valence-corrected chi connectivity index (χ2v) is 7.27. The molecule has 0 spiro atoms. The van der Waals surface area contributed by atoms with Crippen molar-refractivity contribution in [2.24, 2.45) is 0 Å². The number of rotatable bonds is 12. The third-order valence-corrected chi connectivity index (χ3v) is 5.07. The van der Waals surface area contributed by atoms with Gasteiger partial charge in [0, 0.05) is 23.9 Å². The Morgan fingerprint density at radius 3 is 2.26 bits per heavy atom. The Labute approximate surface area is 150 Å². The quantitative estimate of drug-likeness (QED) is 0.429. The molecular formula is C20H32BrNO. The van der Waals surface area contributed by atoms with Gasteiger partial charge in [-0.2, -0.15) is 0 Å². The van der Waals surface area contributed by atoms with E-state index >= 15 is 0 Å². The van der Waals surface area contributed by atoms with E-state index in [9.17, 15) is 4.79 Å². The fourth-order valence-corrected chi connectivity index (χ4v) is 3.57. The van der Waals surface area contributed by atoms with Gasteiger partial charge in [0.2, 0.25) is 5.91 Å². The minimum Gasteiger partial charge on any atom is -0.356 e. The molecule has 1 unspecified atom stereocenters. The van der Waals surface area contributed by atoms with Crippen LogP contribution < -0.4 is 5.32 Å². The summed E-state index contributed by atoms with van der Waals surface area (Å²) in [6.45, 7) is 4.58. The average molecular weight is 382 g/mol. The topological polar surface area (TPSA) is 29.1 Å². The van der Waals surface area contributed by atoms with Gasteiger partial charge < -0.3 is 5.32 Å². The van der Waals surface area contributed by atoms with Crippen LogP contribution in [0, 0.1) is 0 Å². The number of hydrogen-bond acceptors (Lipinski definition) is 1. The Balaban J connectivity index is 2.36. The van der Waals surface area contributed by atoms with Crippen molar-refractivity contribution >= 4 is 21.8 Å². The molecule has 0 saturated carbocycles.